The molecule has 0 aromatic heterocycles. The number of carbonyl (C=O) groups excluding carboxylic acids is 1. The van der Waals surface area contributed by atoms with Crippen LogP contribution in [0.25, 0.3) is 0 Å². The first-order chi connectivity index (χ1) is 12.0. The zero-order valence-corrected chi connectivity index (χ0v) is 14.6. The van der Waals surface area contributed by atoms with Crippen molar-refractivity contribution >= 4 is 23.5 Å². The molecule has 0 bridgehead atoms. The minimum absolute atomic E-state index is 0.0684. The van der Waals surface area contributed by atoms with Crippen LogP contribution in [0.4, 0.5) is 0 Å². The van der Waals surface area contributed by atoms with Gasteiger partial charge < -0.3 is 19.9 Å². The summed E-state index contributed by atoms with van der Waals surface area (Å²) in [6.45, 7) is 3.53. The number of benzene rings is 1. The number of carboxylic acid groups (broad SMARTS) is 1. The molecule has 1 unspecified atom stereocenters. The van der Waals surface area contributed by atoms with Crippen molar-refractivity contribution in [2.45, 2.75) is 37.8 Å². The number of ether oxygens (including phenoxy) is 2. The minimum atomic E-state index is -1.18. The number of amides is 1. The van der Waals surface area contributed by atoms with Crippen molar-refractivity contribution in [2.75, 3.05) is 13.2 Å². The fourth-order valence-electron chi connectivity index (χ4n) is 2.65. The van der Waals surface area contributed by atoms with E-state index in [9.17, 15) is 14.7 Å². The van der Waals surface area contributed by atoms with Crippen molar-refractivity contribution in [3.8, 4) is 5.75 Å². The number of hydrogen-bond acceptors (Lipinski definition) is 4. The Morgan fingerprint density at radius 1 is 1.40 bits per heavy atom. The largest absolute Gasteiger partial charge is 0.490 e. The van der Waals surface area contributed by atoms with Crippen LogP contribution in [0.3, 0.4) is 0 Å². The van der Waals surface area contributed by atoms with Gasteiger partial charge in [0.25, 0.3) is 5.91 Å². The molecule has 25 heavy (non-hydrogen) atoms. The summed E-state index contributed by atoms with van der Waals surface area (Å²) in [5.41, 5.74) is 0.217. The molecule has 136 valence electrons. The van der Waals surface area contributed by atoms with Crippen LogP contribution in [0.5, 0.6) is 5.75 Å². The summed E-state index contributed by atoms with van der Waals surface area (Å²) >= 11 is 5.99. The molecule has 2 rings (SSSR count). The Bertz CT molecular complexity index is 628. The minimum Gasteiger partial charge on any atom is -0.490 e. The normalized spacial score (nSPS) is 15.6. The number of rotatable bonds is 9. The zero-order valence-electron chi connectivity index (χ0n) is 13.9. The summed E-state index contributed by atoms with van der Waals surface area (Å²) in [4.78, 5) is 23.9. The number of nitrogens with one attached hydrogen (secondary N) is 1. The molecule has 1 aromatic rings. The Morgan fingerprint density at radius 3 is 2.76 bits per heavy atom. The van der Waals surface area contributed by atoms with Crippen LogP contribution < -0.4 is 10.1 Å². The van der Waals surface area contributed by atoms with Crippen LogP contribution in [0, 0.1) is 0 Å². The number of carbonyl (C=O) groups is 2. The molecule has 1 amide bonds. The molecule has 7 heteroatoms. The maximum Gasteiger partial charge on any atom is 0.328 e. The van der Waals surface area contributed by atoms with Gasteiger partial charge in [-0.2, -0.15) is 0 Å². The molecule has 1 saturated carbocycles. The highest BCUT2D eigenvalue weighted by Gasteiger charge is 2.24. The number of hydrogen-bond donors (Lipinski definition) is 2. The molecule has 0 saturated heterocycles. The summed E-state index contributed by atoms with van der Waals surface area (Å²) in [5, 5.41) is 12.1. The maximum absolute atomic E-state index is 12.6. The first kappa shape index (κ1) is 19.3. The van der Waals surface area contributed by atoms with Gasteiger partial charge in [-0.05, 0) is 43.9 Å². The van der Waals surface area contributed by atoms with Crippen molar-refractivity contribution in [1.29, 1.82) is 0 Å². The lowest BCUT2D eigenvalue weighted by Gasteiger charge is -2.18. The second kappa shape index (κ2) is 9.44. The molecule has 6 nitrogen and oxygen atoms in total. The third-order valence-corrected chi connectivity index (χ3v) is 4.14. The monoisotopic (exact) mass is 367 g/mol. The molecule has 1 fully saturated rings. The van der Waals surface area contributed by atoms with Gasteiger partial charge in [-0.25, -0.2) is 4.79 Å². The summed E-state index contributed by atoms with van der Waals surface area (Å²) in [6, 6.07) is 3.58. The third-order valence-electron chi connectivity index (χ3n) is 3.91. The van der Waals surface area contributed by atoms with Crippen LogP contribution in [0.15, 0.2) is 30.9 Å². The van der Waals surface area contributed by atoms with E-state index in [1.54, 1.807) is 12.1 Å². The fraction of sp³-hybridized carbons (Fsp3) is 0.444. The Morgan fingerprint density at radius 2 is 2.12 bits per heavy atom. The Hall–Kier alpha value is -2.05. The summed E-state index contributed by atoms with van der Waals surface area (Å²) in [7, 11) is 0. The Kier molecular flexibility index (Phi) is 7.28. The maximum atomic E-state index is 12.6. The number of aliphatic carboxylic acids is 1. The van der Waals surface area contributed by atoms with Crippen LogP contribution in [0.1, 0.15) is 36.0 Å². The standard InChI is InChI=1S/C18H22ClNO5/c1-2-9-24-11-15(18(22)23)20-17(21)14-10-12(19)7-8-16(14)25-13-5-3-4-6-13/h2,7-8,10,13,15H,1,3-6,9,11H2,(H,20,21)(H,22,23). The molecule has 0 spiro atoms. The molecular formula is C18H22ClNO5. The van der Waals surface area contributed by atoms with Gasteiger partial charge in [-0.3, -0.25) is 4.79 Å². The molecule has 2 N–H and O–H groups in total. The molecule has 0 heterocycles. The van der Waals surface area contributed by atoms with Crippen molar-refractivity contribution in [3.05, 3.63) is 41.4 Å². The lowest BCUT2D eigenvalue weighted by Crippen LogP contribution is -2.44. The molecule has 1 atom stereocenters. The van der Waals surface area contributed by atoms with E-state index in [-0.39, 0.29) is 24.9 Å². The van der Waals surface area contributed by atoms with E-state index in [1.165, 1.54) is 12.1 Å². The van der Waals surface area contributed by atoms with E-state index in [4.69, 9.17) is 21.1 Å². The van der Waals surface area contributed by atoms with Gasteiger partial charge in [0.1, 0.15) is 5.75 Å². The molecule has 1 aromatic carbocycles. The third kappa shape index (κ3) is 5.76. The van der Waals surface area contributed by atoms with Gasteiger partial charge in [0, 0.05) is 5.02 Å². The average Bonchev–Trinajstić information content (AvgIpc) is 3.08. The average molecular weight is 368 g/mol. The Balaban J connectivity index is 2.11. The second-order valence-electron chi connectivity index (χ2n) is 5.86. The first-order valence-corrected chi connectivity index (χ1v) is 8.57. The lowest BCUT2D eigenvalue weighted by atomic mass is 10.1. The van der Waals surface area contributed by atoms with Crippen LogP contribution in [0.2, 0.25) is 5.02 Å². The van der Waals surface area contributed by atoms with Crippen LogP contribution in [-0.2, 0) is 9.53 Å². The number of halogens is 1. The van der Waals surface area contributed by atoms with Crippen molar-refractivity contribution in [1.82, 2.24) is 5.32 Å². The lowest BCUT2D eigenvalue weighted by molar-refractivity contribution is -0.140. The molecule has 0 aliphatic heterocycles. The van der Waals surface area contributed by atoms with Gasteiger partial charge >= 0.3 is 5.97 Å². The second-order valence-corrected chi connectivity index (χ2v) is 6.29. The predicted octanol–water partition coefficient (Wildman–Crippen LogP) is 3.05. The molecule has 1 aliphatic rings. The smallest absolute Gasteiger partial charge is 0.328 e. The summed E-state index contributed by atoms with van der Waals surface area (Å²) < 4.78 is 11.0. The van der Waals surface area contributed by atoms with Gasteiger partial charge in [0.15, 0.2) is 6.04 Å². The molecule has 0 radical (unpaired) electrons. The topological polar surface area (TPSA) is 84.9 Å². The summed E-state index contributed by atoms with van der Waals surface area (Å²) in [5.74, 6) is -1.34. The predicted molar refractivity (Wildman–Crippen MR) is 94.2 cm³/mol. The first-order valence-electron chi connectivity index (χ1n) is 8.19. The van der Waals surface area contributed by atoms with Gasteiger partial charge in [-0.15, -0.1) is 6.58 Å². The highest BCUT2D eigenvalue weighted by Crippen LogP contribution is 2.28. The Labute approximate surface area is 151 Å². The fourth-order valence-corrected chi connectivity index (χ4v) is 2.82. The van der Waals surface area contributed by atoms with Gasteiger partial charge in [-0.1, -0.05) is 17.7 Å². The molecular weight excluding hydrogens is 346 g/mol. The van der Waals surface area contributed by atoms with E-state index in [2.05, 4.69) is 11.9 Å². The summed E-state index contributed by atoms with van der Waals surface area (Å²) in [6.07, 6.45) is 5.65. The van der Waals surface area contributed by atoms with Crippen molar-refractivity contribution < 1.29 is 24.2 Å². The van der Waals surface area contributed by atoms with Crippen molar-refractivity contribution in [2.24, 2.45) is 0 Å². The van der Waals surface area contributed by atoms with Crippen molar-refractivity contribution in [3.63, 3.8) is 0 Å². The quantitative estimate of drug-likeness (QED) is 0.517. The van der Waals surface area contributed by atoms with E-state index >= 15 is 0 Å². The zero-order chi connectivity index (χ0) is 18.2. The number of carboxylic acids is 1. The van der Waals surface area contributed by atoms with Gasteiger partial charge in [0.2, 0.25) is 0 Å². The highest BCUT2D eigenvalue weighted by atomic mass is 35.5. The van der Waals surface area contributed by atoms with E-state index in [0.29, 0.717) is 10.8 Å². The van der Waals surface area contributed by atoms with Gasteiger partial charge in [0.05, 0.1) is 24.9 Å². The molecule has 1 aliphatic carbocycles. The highest BCUT2D eigenvalue weighted by molar-refractivity contribution is 6.31. The van der Waals surface area contributed by atoms with Crippen LogP contribution >= 0.6 is 11.6 Å². The van der Waals surface area contributed by atoms with E-state index in [0.717, 1.165) is 25.7 Å². The van der Waals surface area contributed by atoms with E-state index < -0.39 is 17.9 Å². The van der Waals surface area contributed by atoms with E-state index in [1.807, 2.05) is 0 Å². The van der Waals surface area contributed by atoms with Crippen LogP contribution in [-0.4, -0.2) is 42.3 Å². The SMILES string of the molecule is C=CCOCC(NC(=O)c1cc(Cl)ccc1OC1CCCC1)C(=O)O.